The van der Waals surface area contributed by atoms with Crippen molar-refractivity contribution in [1.29, 1.82) is 0 Å². The summed E-state index contributed by atoms with van der Waals surface area (Å²) in [4.78, 5) is 16.4. The molecule has 1 amide bonds. The van der Waals surface area contributed by atoms with Crippen LogP contribution in [0.4, 0.5) is 8.68 Å². The molecule has 27 heavy (non-hydrogen) atoms. The number of halogens is 1. The first-order chi connectivity index (χ1) is 12.3. The van der Waals surface area contributed by atoms with Crippen LogP contribution in [0.15, 0.2) is 17.0 Å². The van der Waals surface area contributed by atoms with Gasteiger partial charge in [0.1, 0.15) is 11.4 Å². The number of ether oxygens (including phenoxy) is 1. The minimum Gasteiger partial charge on any atom is -0.444 e. The lowest BCUT2D eigenvalue weighted by molar-refractivity contribution is 0.0139. The van der Waals surface area contributed by atoms with E-state index in [0.717, 1.165) is 11.1 Å². The van der Waals surface area contributed by atoms with Crippen molar-refractivity contribution in [2.24, 2.45) is 0 Å². The van der Waals surface area contributed by atoms with Crippen LogP contribution in [-0.2, 0) is 21.8 Å². The molecule has 0 saturated carbocycles. The molecule has 0 aromatic heterocycles. The third kappa shape index (κ3) is 6.86. The van der Waals surface area contributed by atoms with Crippen molar-refractivity contribution in [3.63, 3.8) is 0 Å². The Morgan fingerprint density at radius 1 is 1.22 bits per heavy atom. The number of thiol groups is 1. The van der Waals surface area contributed by atoms with Crippen LogP contribution in [0.1, 0.15) is 31.9 Å². The predicted octanol–water partition coefficient (Wildman–Crippen LogP) is 2.93. The molecule has 0 N–H and O–H groups in total. The van der Waals surface area contributed by atoms with Crippen LogP contribution in [0.25, 0.3) is 0 Å². The van der Waals surface area contributed by atoms with Gasteiger partial charge in [-0.3, -0.25) is 4.90 Å². The second-order valence-corrected chi connectivity index (χ2v) is 8.88. The van der Waals surface area contributed by atoms with Crippen molar-refractivity contribution in [2.45, 2.75) is 44.7 Å². The molecule has 152 valence electrons. The van der Waals surface area contributed by atoms with E-state index in [0.29, 0.717) is 37.6 Å². The summed E-state index contributed by atoms with van der Waals surface area (Å²) >= 11 is 4.30. The van der Waals surface area contributed by atoms with E-state index < -0.39 is 16.1 Å². The molecule has 2 rings (SSSR count). The molecule has 1 aromatic carbocycles. The van der Waals surface area contributed by atoms with E-state index in [1.807, 2.05) is 27.7 Å². The molecule has 1 aliphatic heterocycles. The zero-order valence-electron chi connectivity index (χ0n) is 15.9. The third-order valence-corrected chi connectivity index (χ3v) is 4.93. The lowest BCUT2D eigenvalue weighted by Crippen LogP contribution is -2.49. The highest BCUT2D eigenvalue weighted by Crippen LogP contribution is 2.27. The first-order valence-corrected chi connectivity index (χ1v) is 10.3. The molecule has 10 heteroatoms. The van der Waals surface area contributed by atoms with Crippen LogP contribution in [-0.4, -0.2) is 56.1 Å². The Labute approximate surface area is 165 Å². The van der Waals surface area contributed by atoms with Gasteiger partial charge in [-0.25, -0.2) is 4.79 Å². The molecule has 1 heterocycles. The summed E-state index contributed by atoms with van der Waals surface area (Å²) in [7, 11) is -5.09. The molecule has 1 saturated heterocycles. The molecule has 0 unspecified atom stereocenters. The Kier molecular flexibility index (Phi) is 6.64. The number of amides is 1. The summed E-state index contributed by atoms with van der Waals surface area (Å²) in [6.07, 6.45) is -0.334. The number of hydrogen-bond donors (Lipinski definition) is 1. The summed E-state index contributed by atoms with van der Waals surface area (Å²) in [5, 5.41) is 0. The molecule has 1 aromatic rings. The summed E-state index contributed by atoms with van der Waals surface area (Å²) in [5.74, 6) is -0.115. The molecule has 1 aliphatic rings. The molecule has 0 radical (unpaired) electrons. The summed E-state index contributed by atoms with van der Waals surface area (Å²) in [5.41, 5.74) is 1.11. The predicted molar refractivity (Wildman–Crippen MR) is 102 cm³/mol. The van der Waals surface area contributed by atoms with Crippen molar-refractivity contribution in [3.8, 4) is 5.75 Å². The van der Waals surface area contributed by atoms with Crippen molar-refractivity contribution in [3.05, 3.63) is 23.3 Å². The molecule has 0 spiro atoms. The van der Waals surface area contributed by atoms with Crippen molar-refractivity contribution >= 4 is 29.2 Å². The first kappa shape index (κ1) is 21.8. The van der Waals surface area contributed by atoms with Gasteiger partial charge in [0.05, 0.1) is 0 Å². The lowest BCUT2D eigenvalue weighted by Gasteiger charge is -2.35. The van der Waals surface area contributed by atoms with Gasteiger partial charge in [-0.2, -0.15) is 8.42 Å². The zero-order valence-corrected chi connectivity index (χ0v) is 17.6. The molecule has 0 bridgehead atoms. The van der Waals surface area contributed by atoms with Gasteiger partial charge in [-0.15, -0.1) is 12.6 Å². The second-order valence-electron chi connectivity index (χ2n) is 7.45. The summed E-state index contributed by atoms with van der Waals surface area (Å²) < 4.78 is 44.0. The molecule has 0 atom stereocenters. The Morgan fingerprint density at radius 3 is 2.33 bits per heavy atom. The maximum atomic E-state index is 12.8. The largest absolute Gasteiger partial charge is 0.488 e. The quantitative estimate of drug-likeness (QED) is 0.596. The van der Waals surface area contributed by atoms with E-state index in [4.69, 9.17) is 4.74 Å². The molecular formula is C17H25FN2O5S2. The highest BCUT2D eigenvalue weighted by atomic mass is 32.3. The molecule has 7 nitrogen and oxygen atoms in total. The number of benzene rings is 1. The SMILES string of the molecule is Cc1c(S)cc(OS(=O)(=O)F)cc1CN1CCN(C(=O)OC(C)(C)C)CC1. The second kappa shape index (κ2) is 8.24. The number of rotatable bonds is 4. The van der Waals surface area contributed by atoms with E-state index in [1.165, 1.54) is 12.1 Å². The van der Waals surface area contributed by atoms with E-state index in [2.05, 4.69) is 21.7 Å². The molecule has 0 aliphatic carbocycles. The highest BCUT2D eigenvalue weighted by molar-refractivity contribution is 7.81. The van der Waals surface area contributed by atoms with Crippen LogP contribution < -0.4 is 4.18 Å². The fraction of sp³-hybridized carbons (Fsp3) is 0.588. The van der Waals surface area contributed by atoms with Gasteiger partial charge in [0.25, 0.3) is 0 Å². The molecular weight excluding hydrogens is 395 g/mol. The Balaban J connectivity index is 2.01. The van der Waals surface area contributed by atoms with Crippen LogP contribution >= 0.6 is 12.6 Å². The van der Waals surface area contributed by atoms with Crippen molar-refractivity contribution < 1.29 is 26.0 Å². The maximum Gasteiger partial charge on any atom is 0.488 e. The number of hydrogen-bond acceptors (Lipinski definition) is 7. The smallest absolute Gasteiger partial charge is 0.444 e. The van der Waals surface area contributed by atoms with E-state index in [-0.39, 0.29) is 11.8 Å². The third-order valence-electron chi connectivity index (χ3n) is 4.08. The maximum absolute atomic E-state index is 12.8. The first-order valence-electron chi connectivity index (χ1n) is 8.51. The average Bonchev–Trinajstić information content (AvgIpc) is 2.49. The Morgan fingerprint density at radius 2 is 1.81 bits per heavy atom. The van der Waals surface area contributed by atoms with Gasteiger partial charge in [-0.1, -0.05) is 3.89 Å². The lowest BCUT2D eigenvalue weighted by atomic mass is 10.1. The van der Waals surface area contributed by atoms with E-state index in [9.17, 15) is 17.1 Å². The standard InChI is InChI=1S/C17H25FN2O5S2/c1-12-13(9-14(10-15(12)26)25-27(18,22)23)11-19-5-7-20(8-6-19)16(21)24-17(2,3)4/h9-10,26H,5-8,11H2,1-4H3. The number of nitrogens with zero attached hydrogens (tertiary/aromatic N) is 2. The van der Waals surface area contributed by atoms with Crippen LogP contribution in [0.2, 0.25) is 0 Å². The highest BCUT2D eigenvalue weighted by Gasteiger charge is 2.26. The van der Waals surface area contributed by atoms with Crippen molar-refractivity contribution in [2.75, 3.05) is 26.2 Å². The van der Waals surface area contributed by atoms with Crippen LogP contribution in [0, 0.1) is 6.92 Å². The number of carbonyl (C=O) groups is 1. The Bertz CT molecular complexity index is 800. The number of carbonyl (C=O) groups excluding carboxylic acids is 1. The Hall–Kier alpha value is -1.52. The van der Waals surface area contributed by atoms with Crippen LogP contribution in [0.3, 0.4) is 0 Å². The van der Waals surface area contributed by atoms with Crippen LogP contribution in [0.5, 0.6) is 5.75 Å². The van der Waals surface area contributed by atoms with Gasteiger partial charge >= 0.3 is 16.6 Å². The zero-order chi connectivity index (χ0) is 20.4. The van der Waals surface area contributed by atoms with Gasteiger partial charge in [0, 0.05) is 37.6 Å². The average molecular weight is 421 g/mol. The van der Waals surface area contributed by atoms with Gasteiger partial charge in [0.2, 0.25) is 0 Å². The normalized spacial score (nSPS) is 16.3. The van der Waals surface area contributed by atoms with Crippen molar-refractivity contribution in [1.82, 2.24) is 9.80 Å². The number of piperazine rings is 1. The topological polar surface area (TPSA) is 76.2 Å². The summed E-state index contributed by atoms with van der Waals surface area (Å²) in [6.45, 7) is 10.1. The van der Waals surface area contributed by atoms with Gasteiger partial charge < -0.3 is 13.8 Å². The summed E-state index contributed by atoms with van der Waals surface area (Å²) in [6, 6.07) is 2.85. The minimum atomic E-state index is -5.09. The minimum absolute atomic E-state index is 0.115. The fourth-order valence-electron chi connectivity index (χ4n) is 2.71. The van der Waals surface area contributed by atoms with E-state index in [1.54, 1.807) is 4.90 Å². The van der Waals surface area contributed by atoms with Gasteiger partial charge in [0.15, 0.2) is 0 Å². The van der Waals surface area contributed by atoms with E-state index >= 15 is 0 Å². The monoisotopic (exact) mass is 420 g/mol. The fourth-order valence-corrected chi connectivity index (χ4v) is 3.31. The van der Waals surface area contributed by atoms with Gasteiger partial charge in [-0.05, 0) is 51.0 Å². The molecule has 1 fully saturated rings.